The van der Waals surface area contributed by atoms with Gasteiger partial charge in [-0.05, 0) is 42.0 Å². The Hall–Kier alpha value is -5.22. The van der Waals surface area contributed by atoms with Crippen LogP contribution in [0.25, 0.3) is 33.1 Å². The first kappa shape index (κ1) is 20.8. The van der Waals surface area contributed by atoms with E-state index in [0.717, 1.165) is 5.69 Å². The Balaban J connectivity index is 1.41. The Kier molecular flexibility index (Phi) is 4.08. The normalized spacial score (nSPS) is 16.9. The van der Waals surface area contributed by atoms with E-state index in [-0.39, 0.29) is 6.04 Å². The number of aromatic nitrogens is 2. The van der Waals surface area contributed by atoms with Gasteiger partial charge in [-0.3, -0.25) is 4.98 Å². The number of anilines is 2. The molecule has 4 heterocycles. The lowest BCUT2D eigenvalue weighted by molar-refractivity contribution is 0.931. The van der Waals surface area contributed by atoms with E-state index in [2.05, 4.69) is 134 Å². The summed E-state index contributed by atoms with van der Waals surface area (Å²) in [6, 6.07) is 37.1. The number of para-hydroxylation sites is 4. The van der Waals surface area contributed by atoms with Crippen molar-refractivity contribution >= 4 is 55.8 Å². The first-order valence-electron chi connectivity index (χ1n) is 13.4. The lowest BCUT2D eigenvalue weighted by atomic mass is 9.90. The van der Waals surface area contributed by atoms with Crippen LogP contribution in [-0.2, 0) is 0 Å². The number of nitrogens with zero attached hydrogens (tertiary/aromatic N) is 4. The summed E-state index contributed by atoms with van der Waals surface area (Å²) < 4.78 is 4.78. The summed E-state index contributed by atoms with van der Waals surface area (Å²) in [6.07, 6.45) is 10.6. The summed E-state index contributed by atoms with van der Waals surface area (Å²) in [4.78, 5) is 6.99. The van der Waals surface area contributed by atoms with Crippen molar-refractivity contribution in [1.82, 2.24) is 14.1 Å². The minimum atomic E-state index is 0.103. The second-order valence-electron chi connectivity index (χ2n) is 10.3. The van der Waals surface area contributed by atoms with E-state index >= 15 is 0 Å². The van der Waals surface area contributed by atoms with Crippen molar-refractivity contribution in [3.05, 3.63) is 139 Å². The number of rotatable bonds is 2. The monoisotopic (exact) mass is 499 g/mol. The van der Waals surface area contributed by atoms with Crippen LogP contribution in [0.4, 0.5) is 22.7 Å². The number of pyridine rings is 1. The molecule has 6 aromatic rings. The van der Waals surface area contributed by atoms with Crippen LogP contribution in [-0.4, -0.2) is 21.3 Å². The third-order valence-electron chi connectivity index (χ3n) is 8.30. The van der Waals surface area contributed by atoms with Crippen LogP contribution >= 0.6 is 0 Å². The molecule has 1 unspecified atom stereocenters. The summed E-state index contributed by atoms with van der Waals surface area (Å²) in [5.74, 6) is 0. The molecule has 0 saturated heterocycles. The topological polar surface area (TPSA) is 24.1 Å². The SMILES string of the molecule is C1=CC2=[N+](c3ccccc3)c3ccccc3N3c4ccc5c(c4C(=C1)C23)c1ccccc1n5-c1cccnc1. The van der Waals surface area contributed by atoms with Gasteiger partial charge in [-0.15, -0.1) is 0 Å². The minimum Gasteiger partial charge on any atom is -0.318 e. The van der Waals surface area contributed by atoms with Gasteiger partial charge in [0.25, 0.3) is 0 Å². The molecule has 0 bridgehead atoms. The molecule has 0 N–H and O–H groups in total. The fraction of sp³-hybridized carbons (Fsp3) is 0.0286. The van der Waals surface area contributed by atoms with Crippen molar-refractivity contribution < 1.29 is 0 Å². The van der Waals surface area contributed by atoms with Crippen LogP contribution in [0.15, 0.2) is 134 Å². The van der Waals surface area contributed by atoms with Gasteiger partial charge in [-0.2, -0.15) is 4.58 Å². The molecule has 4 heteroatoms. The molecule has 4 aromatic carbocycles. The second-order valence-corrected chi connectivity index (χ2v) is 10.3. The van der Waals surface area contributed by atoms with Crippen LogP contribution in [0.3, 0.4) is 0 Å². The largest absolute Gasteiger partial charge is 0.318 e. The Labute approximate surface area is 225 Å². The van der Waals surface area contributed by atoms with E-state index in [0.29, 0.717) is 0 Å². The van der Waals surface area contributed by atoms with Gasteiger partial charge in [0.05, 0.1) is 28.6 Å². The standard InChI is InChI=1S/C35H23N4/c1-2-10-23(11-3-1)37-28-16-6-7-17-29(28)39-31-20-19-30-33(34(31)26-14-8-18-32(37)35(26)39)25-13-4-5-15-27(25)38(30)24-12-9-21-36-22-24/h1-22,35H/q+1. The maximum atomic E-state index is 4.44. The van der Waals surface area contributed by atoms with Gasteiger partial charge < -0.3 is 9.47 Å². The van der Waals surface area contributed by atoms with E-state index in [4.69, 9.17) is 0 Å². The van der Waals surface area contributed by atoms with Crippen LogP contribution in [0.2, 0.25) is 0 Å². The summed E-state index contributed by atoms with van der Waals surface area (Å²) in [6.45, 7) is 0. The first-order chi connectivity index (χ1) is 19.4. The van der Waals surface area contributed by atoms with E-state index < -0.39 is 0 Å². The van der Waals surface area contributed by atoms with E-state index in [1.54, 1.807) is 0 Å². The molecule has 39 heavy (non-hydrogen) atoms. The Morgan fingerprint density at radius 3 is 2.46 bits per heavy atom. The molecule has 0 amide bonds. The van der Waals surface area contributed by atoms with Gasteiger partial charge in [-0.1, -0.05) is 60.7 Å². The summed E-state index contributed by atoms with van der Waals surface area (Å²) >= 11 is 0. The Morgan fingerprint density at radius 2 is 1.56 bits per heavy atom. The smallest absolute Gasteiger partial charge is 0.235 e. The van der Waals surface area contributed by atoms with E-state index in [9.17, 15) is 0 Å². The van der Waals surface area contributed by atoms with E-state index in [1.165, 1.54) is 61.4 Å². The Morgan fingerprint density at radius 1 is 0.718 bits per heavy atom. The molecule has 2 aromatic heterocycles. The van der Waals surface area contributed by atoms with Crippen LogP contribution in [0, 0.1) is 0 Å². The predicted molar refractivity (Wildman–Crippen MR) is 161 cm³/mol. The van der Waals surface area contributed by atoms with Crippen LogP contribution in [0.1, 0.15) is 5.56 Å². The fourth-order valence-electron chi connectivity index (χ4n) is 6.86. The average molecular weight is 500 g/mol. The van der Waals surface area contributed by atoms with Crippen molar-refractivity contribution in [2.45, 2.75) is 6.04 Å². The molecule has 4 nitrogen and oxygen atoms in total. The molecule has 2 aliphatic heterocycles. The van der Waals surface area contributed by atoms with Crippen molar-refractivity contribution in [3.8, 4) is 5.69 Å². The second kappa shape index (κ2) is 7.65. The minimum absolute atomic E-state index is 0.103. The van der Waals surface area contributed by atoms with Crippen molar-refractivity contribution in [2.24, 2.45) is 0 Å². The van der Waals surface area contributed by atoms with E-state index in [1.807, 2.05) is 18.5 Å². The maximum absolute atomic E-state index is 4.44. The van der Waals surface area contributed by atoms with Gasteiger partial charge in [0.1, 0.15) is 11.7 Å². The van der Waals surface area contributed by atoms with Crippen molar-refractivity contribution in [3.63, 3.8) is 0 Å². The number of fused-ring (bicyclic) bond motifs is 9. The molecule has 0 fully saturated rings. The van der Waals surface area contributed by atoms with Gasteiger partial charge >= 0.3 is 0 Å². The number of hydrogen-bond acceptors (Lipinski definition) is 2. The number of benzene rings is 4. The highest BCUT2D eigenvalue weighted by Gasteiger charge is 2.49. The van der Waals surface area contributed by atoms with Gasteiger partial charge in [0.2, 0.25) is 17.1 Å². The predicted octanol–water partition coefficient (Wildman–Crippen LogP) is 7.94. The highest BCUT2D eigenvalue weighted by atomic mass is 15.3. The first-order valence-corrected chi connectivity index (χ1v) is 13.4. The quantitative estimate of drug-likeness (QED) is 0.226. The molecule has 1 atom stereocenters. The highest BCUT2D eigenvalue weighted by Crippen LogP contribution is 2.55. The molecular formula is C35H23N4+. The lowest BCUT2D eigenvalue weighted by Gasteiger charge is -2.32. The molecule has 0 radical (unpaired) electrons. The lowest BCUT2D eigenvalue weighted by Crippen LogP contribution is -2.43. The van der Waals surface area contributed by atoms with Crippen molar-refractivity contribution in [1.29, 1.82) is 0 Å². The van der Waals surface area contributed by atoms with Gasteiger partial charge in [-0.25, -0.2) is 0 Å². The zero-order valence-corrected chi connectivity index (χ0v) is 21.1. The molecule has 1 aliphatic carbocycles. The zero-order chi connectivity index (χ0) is 25.5. The van der Waals surface area contributed by atoms with Gasteiger partial charge in [0, 0.05) is 46.8 Å². The molecule has 3 aliphatic rings. The third-order valence-corrected chi connectivity index (χ3v) is 8.30. The summed E-state index contributed by atoms with van der Waals surface area (Å²) in [5, 5.41) is 2.56. The summed E-state index contributed by atoms with van der Waals surface area (Å²) in [5.41, 5.74) is 12.3. The molecule has 0 spiro atoms. The average Bonchev–Trinajstić information content (AvgIpc) is 3.52. The maximum Gasteiger partial charge on any atom is 0.235 e. The van der Waals surface area contributed by atoms with Gasteiger partial charge in [0.15, 0.2) is 0 Å². The Bertz CT molecular complexity index is 2060. The van der Waals surface area contributed by atoms with Crippen LogP contribution in [0.5, 0.6) is 0 Å². The van der Waals surface area contributed by atoms with Crippen LogP contribution < -0.4 is 9.48 Å². The number of allylic oxidation sites excluding steroid dienone is 2. The molecule has 9 rings (SSSR count). The van der Waals surface area contributed by atoms with Crippen molar-refractivity contribution in [2.75, 3.05) is 4.90 Å². The fourth-order valence-corrected chi connectivity index (χ4v) is 6.86. The zero-order valence-electron chi connectivity index (χ0n) is 21.1. The molecule has 182 valence electrons. The molecular weight excluding hydrogens is 476 g/mol. The highest BCUT2D eigenvalue weighted by molar-refractivity contribution is 6.26. The number of hydrogen-bond donors (Lipinski definition) is 0. The third kappa shape index (κ3) is 2.67. The summed E-state index contributed by atoms with van der Waals surface area (Å²) in [7, 11) is 0. The molecule has 0 saturated carbocycles.